The molecule has 1 aliphatic rings. The van der Waals surface area contributed by atoms with Gasteiger partial charge in [0.15, 0.2) is 5.96 Å². The van der Waals surface area contributed by atoms with Gasteiger partial charge in [0.2, 0.25) is 0 Å². The minimum atomic E-state index is -0.187. The molecule has 1 aliphatic heterocycles. The first-order chi connectivity index (χ1) is 9.16. The van der Waals surface area contributed by atoms with Gasteiger partial charge in [-0.15, -0.1) is 0 Å². The first-order valence-corrected chi connectivity index (χ1v) is 6.40. The molecule has 2 rings (SSSR count). The van der Waals surface area contributed by atoms with Crippen molar-refractivity contribution in [2.24, 2.45) is 10.7 Å². The van der Waals surface area contributed by atoms with Crippen molar-refractivity contribution in [2.45, 2.75) is 18.9 Å². The molecular formula is C14H21N3O2. The number of anilines is 1. The van der Waals surface area contributed by atoms with Crippen LogP contribution in [0.3, 0.4) is 0 Å². The van der Waals surface area contributed by atoms with Crippen LogP contribution in [0.5, 0.6) is 5.75 Å². The fraction of sp³-hybridized carbons (Fsp3) is 0.500. The highest BCUT2D eigenvalue weighted by atomic mass is 16.5. The maximum absolute atomic E-state index is 6.05. The minimum Gasteiger partial charge on any atom is -0.497 e. The lowest BCUT2D eigenvalue weighted by Crippen LogP contribution is -2.54. The molecule has 0 spiro atoms. The number of aliphatic imine (C=N–C) groups is 1. The van der Waals surface area contributed by atoms with Crippen LogP contribution in [-0.4, -0.2) is 38.9 Å². The van der Waals surface area contributed by atoms with Crippen molar-refractivity contribution >= 4 is 11.6 Å². The van der Waals surface area contributed by atoms with Gasteiger partial charge in [-0.1, -0.05) is 6.92 Å². The van der Waals surface area contributed by atoms with Crippen LogP contribution in [0.15, 0.2) is 29.3 Å². The van der Waals surface area contributed by atoms with Gasteiger partial charge in [-0.25, -0.2) is 0 Å². The Labute approximate surface area is 114 Å². The highest BCUT2D eigenvalue weighted by Crippen LogP contribution is 2.32. The fourth-order valence-electron chi connectivity index (χ4n) is 2.50. The van der Waals surface area contributed by atoms with E-state index >= 15 is 0 Å². The van der Waals surface area contributed by atoms with E-state index in [1.54, 1.807) is 14.2 Å². The van der Waals surface area contributed by atoms with E-state index in [9.17, 15) is 0 Å². The van der Waals surface area contributed by atoms with Gasteiger partial charge in [0, 0.05) is 12.8 Å². The van der Waals surface area contributed by atoms with E-state index < -0.39 is 0 Å². The van der Waals surface area contributed by atoms with Crippen molar-refractivity contribution in [2.75, 3.05) is 32.3 Å². The standard InChI is InChI=1S/C14H21N3O2/c1-4-14(10-18-2)9-16-13(15)17(14)11-5-7-12(19-3)8-6-11/h5-8H,4,9-10H2,1-3H3,(H2,15,16). The third-order valence-corrected chi connectivity index (χ3v) is 3.64. The summed E-state index contributed by atoms with van der Waals surface area (Å²) in [7, 11) is 3.36. The van der Waals surface area contributed by atoms with Gasteiger partial charge in [-0.2, -0.15) is 0 Å². The van der Waals surface area contributed by atoms with Gasteiger partial charge in [0.05, 0.1) is 25.8 Å². The molecule has 0 radical (unpaired) electrons. The molecule has 2 N–H and O–H groups in total. The predicted octanol–water partition coefficient (Wildman–Crippen LogP) is 1.63. The van der Waals surface area contributed by atoms with Crippen LogP contribution in [0.1, 0.15) is 13.3 Å². The van der Waals surface area contributed by atoms with E-state index in [1.165, 1.54) is 0 Å². The van der Waals surface area contributed by atoms with Gasteiger partial charge in [0.1, 0.15) is 5.75 Å². The van der Waals surface area contributed by atoms with E-state index in [0.29, 0.717) is 19.1 Å². The third kappa shape index (κ3) is 2.38. The minimum absolute atomic E-state index is 0.187. The Morgan fingerprint density at radius 3 is 2.53 bits per heavy atom. The molecule has 0 amide bonds. The molecule has 104 valence electrons. The van der Waals surface area contributed by atoms with E-state index in [0.717, 1.165) is 17.9 Å². The summed E-state index contributed by atoms with van der Waals surface area (Å²) in [5.41, 5.74) is 6.88. The molecule has 1 aromatic rings. The Balaban J connectivity index is 2.34. The van der Waals surface area contributed by atoms with Crippen LogP contribution in [0, 0.1) is 0 Å². The highest BCUT2D eigenvalue weighted by Gasteiger charge is 2.41. The number of hydrogen-bond donors (Lipinski definition) is 1. The van der Waals surface area contributed by atoms with Gasteiger partial charge in [-0.3, -0.25) is 4.99 Å². The summed E-state index contributed by atoms with van der Waals surface area (Å²) >= 11 is 0. The monoisotopic (exact) mass is 263 g/mol. The lowest BCUT2D eigenvalue weighted by molar-refractivity contribution is 0.138. The first kappa shape index (κ1) is 13.7. The number of nitrogens with zero attached hydrogens (tertiary/aromatic N) is 2. The molecule has 5 nitrogen and oxygen atoms in total. The molecule has 0 saturated carbocycles. The zero-order chi connectivity index (χ0) is 13.9. The summed E-state index contributed by atoms with van der Waals surface area (Å²) < 4.78 is 10.5. The second-order valence-corrected chi connectivity index (χ2v) is 4.72. The number of guanidine groups is 1. The van der Waals surface area contributed by atoms with Crippen molar-refractivity contribution in [1.29, 1.82) is 0 Å². The Morgan fingerprint density at radius 2 is 2.00 bits per heavy atom. The van der Waals surface area contributed by atoms with Crippen molar-refractivity contribution in [3.05, 3.63) is 24.3 Å². The lowest BCUT2D eigenvalue weighted by Gasteiger charge is -2.38. The van der Waals surface area contributed by atoms with Gasteiger partial charge in [-0.05, 0) is 30.7 Å². The molecular weight excluding hydrogens is 242 g/mol. The second kappa shape index (κ2) is 5.48. The van der Waals surface area contributed by atoms with Crippen molar-refractivity contribution in [1.82, 2.24) is 0 Å². The summed E-state index contributed by atoms with van der Waals surface area (Å²) in [6.45, 7) is 3.39. The summed E-state index contributed by atoms with van der Waals surface area (Å²) in [6, 6.07) is 7.83. The molecule has 1 aromatic carbocycles. The van der Waals surface area contributed by atoms with Crippen LogP contribution in [0.25, 0.3) is 0 Å². The quantitative estimate of drug-likeness (QED) is 0.877. The molecule has 1 heterocycles. The molecule has 1 atom stereocenters. The van der Waals surface area contributed by atoms with Crippen LogP contribution >= 0.6 is 0 Å². The van der Waals surface area contributed by atoms with Crippen molar-refractivity contribution < 1.29 is 9.47 Å². The predicted molar refractivity (Wildman–Crippen MR) is 76.9 cm³/mol. The van der Waals surface area contributed by atoms with Gasteiger partial charge in [0.25, 0.3) is 0 Å². The van der Waals surface area contributed by atoms with Crippen LogP contribution in [0.2, 0.25) is 0 Å². The maximum Gasteiger partial charge on any atom is 0.196 e. The topological polar surface area (TPSA) is 60.1 Å². The summed E-state index contributed by atoms with van der Waals surface area (Å²) in [4.78, 5) is 6.45. The summed E-state index contributed by atoms with van der Waals surface area (Å²) in [6.07, 6.45) is 0.914. The molecule has 0 fully saturated rings. The fourth-order valence-corrected chi connectivity index (χ4v) is 2.50. The number of rotatable bonds is 5. The molecule has 0 bridgehead atoms. The average molecular weight is 263 g/mol. The third-order valence-electron chi connectivity index (χ3n) is 3.64. The van der Waals surface area contributed by atoms with Gasteiger partial charge < -0.3 is 20.1 Å². The molecule has 19 heavy (non-hydrogen) atoms. The Hall–Kier alpha value is -1.75. The highest BCUT2D eigenvalue weighted by molar-refractivity contribution is 5.98. The Bertz CT molecular complexity index is 458. The largest absolute Gasteiger partial charge is 0.497 e. The smallest absolute Gasteiger partial charge is 0.196 e. The Kier molecular flexibility index (Phi) is 3.95. The van der Waals surface area contributed by atoms with Crippen molar-refractivity contribution in [3.63, 3.8) is 0 Å². The van der Waals surface area contributed by atoms with E-state index in [2.05, 4.69) is 16.8 Å². The first-order valence-electron chi connectivity index (χ1n) is 6.40. The van der Waals surface area contributed by atoms with Crippen molar-refractivity contribution in [3.8, 4) is 5.75 Å². The summed E-state index contributed by atoms with van der Waals surface area (Å²) in [5.74, 6) is 1.37. The normalized spacial score (nSPS) is 22.5. The zero-order valence-corrected chi connectivity index (χ0v) is 11.7. The van der Waals surface area contributed by atoms with E-state index in [1.807, 2.05) is 24.3 Å². The number of nitrogens with two attached hydrogens (primary N) is 1. The van der Waals surface area contributed by atoms with E-state index in [-0.39, 0.29) is 5.54 Å². The summed E-state index contributed by atoms with van der Waals surface area (Å²) in [5, 5.41) is 0. The number of methoxy groups -OCH3 is 2. The zero-order valence-electron chi connectivity index (χ0n) is 11.7. The van der Waals surface area contributed by atoms with Gasteiger partial charge >= 0.3 is 0 Å². The average Bonchev–Trinajstić information content (AvgIpc) is 2.77. The maximum atomic E-state index is 6.05. The SMILES string of the molecule is CCC1(COC)CN=C(N)N1c1ccc(OC)cc1. The Morgan fingerprint density at radius 1 is 1.32 bits per heavy atom. The van der Waals surface area contributed by atoms with E-state index in [4.69, 9.17) is 15.2 Å². The number of ether oxygens (including phenoxy) is 2. The molecule has 0 saturated heterocycles. The molecule has 0 aliphatic carbocycles. The molecule has 1 unspecified atom stereocenters. The van der Waals surface area contributed by atoms with Crippen LogP contribution < -0.4 is 15.4 Å². The lowest BCUT2D eigenvalue weighted by atomic mass is 9.95. The second-order valence-electron chi connectivity index (χ2n) is 4.72. The van der Waals surface area contributed by atoms with Crippen LogP contribution in [-0.2, 0) is 4.74 Å². The number of benzene rings is 1. The molecule has 5 heteroatoms. The van der Waals surface area contributed by atoms with Crippen LogP contribution in [0.4, 0.5) is 5.69 Å². The number of hydrogen-bond acceptors (Lipinski definition) is 5. The molecule has 0 aromatic heterocycles.